The Hall–Kier alpha value is -1.74. The highest BCUT2D eigenvalue weighted by atomic mass is 127. The first-order valence-corrected chi connectivity index (χ1v) is 10.9. The molecule has 2 aromatic rings. The van der Waals surface area contributed by atoms with E-state index in [0.717, 1.165) is 51.5 Å². The van der Waals surface area contributed by atoms with E-state index >= 15 is 0 Å². The molecule has 0 bridgehead atoms. The topological polar surface area (TPSA) is 42.9 Å². The molecule has 0 atom stereocenters. The third-order valence-electron chi connectivity index (χ3n) is 5.43. The average Bonchev–Trinajstić information content (AvgIpc) is 3.46. The van der Waals surface area contributed by atoms with Crippen molar-refractivity contribution in [3.05, 3.63) is 59.5 Å². The maximum absolute atomic E-state index is 4.43. The van der Waals surface area contributed by atoms with E-state index in [1.807, 2.05) is 18.4 Å². The minimum atomic E-state index is 0. The quantitative estimate of drug-likeness (QED) is 0.269. The molecule has 29 heavy (non-hydrogen) atoms. The van der Waals surface area contributed by atoms with Gasteiger partial charge in [0.15, 0.2) is 5.96 Å². The number of hydrogen-bond donors (Lipinski definition) is 2. The number of nitrogens with zero attached hydrogens (tertiary/aromatic N) is 3. The van der Waals surface area contributed by atoms with Crippen LogP contribution < -0.4 is 20.4 Å². The molecule has 0 unspecified atom stereocenters. The Kier molecular flexibility index (Phi) is 8.23. The van der Waals surface area contributed by atoms with Gasteiger partial charge in [-0.2, -0.15) is 0 Å². The lowest BCUT2D eigenvalue weighted by molar-refractivity contribution is 0.463. The Balaban J connectivity index is 0.00000240. The smallest absolute Gasteiger partial charge is 0.191 e. The summed E-state index contributed by atoms with van der Waals surface area (Å²) in [6.45, 7) is 4.99. The number of halogens is 1. The molecule has 2 N–H and O–H groups in total. The lowest BCUT2D eigenvalue weighted by atomic mass is 10.1. The van der Waals surface area contributed by atoms with E-state index in [0.29, 0.717) is 6.04 Å². The highest BCUT2D eigenvalue weighted by Crippen LogP contribution is 2.24. The summed E-state index contributed by atoms with van der Waals surface area (Å²) in [5.74, 6) is 0.891. The van der Waals surface area contributed by atoms with Crippen molar-refractivity contribution in [2.75, 3.05) is 43.0 Å². The fourth-order valence-corrected chi connectivity index (χ4v) is 4.61. The minimum Gasteiger partial charge on any atom is -0.364 e. The van der Waals surface area contributed by atoms with E-state index in [9.17, 15) is 0 Å². The van der Waals surface area contributed by atoms with Crippen LogP contribution >= 0.6 is 35.3 Å². The Morgan fingerprint density at radius 1 is 1.10 bits per heavy atom. The van der Waals surface area contributed by atoms with E-state index in [1.165, 1.54) is 16.3 Å². The number of thiophene rings is 1. The van der Waals surface area contributed by atoms with Gasteiger partial charge in [-0.25, -0.2) is 0 Å². The van der Waals surface area contributed by atoms with Crippen molar-refractivity contribution in [1.29, 1.82) is 0 Å². The summed E-state index contributed by atoms with van der Waals surface area (Å²) in [5.41, 5.74) is 2.56. The number of nitrogens with one attached hydrogen (secondary N) is 2. The molecule has 2 aliphatic rings. The zero-order valence-electron chi connectivity index (χ0n) is 16.9. The molecule has 0 saturated carbocycles. The Bertz CT molecular complexity index is 804. The van der Waals surface area contributed by atoms with Crippen LogP contribution in [0.5, 0.6) is 0 Å². The molecule has 2 aliphatic heterocycles. The summed E-state index contributed by atoms with van der Waals surface area (Å²) < 4.78 is 0. The molecule has 4 rings (SSSR count). The molecule has 0 amide bonds. The van der Waals surface area contributed by atoms with Gasteiger partial charge in [0, 0.05) is 51.5 Å². The Morgan fingerprint density at radius 3 is 2.59 bits per heavy atom. The molecule has 1 fully saturated rings. The first-order chi connectivity index (χ1) is 13.8. The molecule has 3 heterocycles. The van der Waals surface area contributed by atoms with Crippen LogP contribution in [0.15, 0.2) is 58.9 Å². The average molecular weight is 523 g/mol. The van der Waals surface area contributed by atoms with Crippen molar-refractivity contribution in [3.8, 4) is 0 Å². The van der Waals surface area contributed by atoms with Gasteiger partial charge in [-0.1, -0.05) is 24.3 Å². The SMILES string of the molecule is CN=C(NCc1cccc(N2CC=CC2)c1)NC1CCN(c2cccs2)CC1.I. The van der Waals surface area contributed by atoms with Crippen LogP contribution in [0, 0.1) is 0 Å². The minimum absolute atomic E-state index is 0. The molecular formula is C22H30IN5S. The summed E-state index contributed by atoms with van der Waals surface area (Å²) in [7, 11) is 1.85. The van der Waals surface area contributed by atoms with Gasteiger partial charge < -0.3 is 20.4 Å². The van der Waals surface area contributed by atoms with Crippen molar-refractivity contribution in [2.24, 2.45) is 4.99 Å². The van der Waals surface area contributed by atoms with E-state index in [-0.39, 0.29) is 24.0 Å². The summed E-state index contributed by atoms with van der Waals surface area (Å²) in [6.07, 6.45) is 6.72. The zero-order chi connectivity index (χ0) is 19.2. The van der Waals surface area contributed by atoms with Crippen LogP contribution in [0.4, 0.5) is 10.7 Å². The van der Waals surface area contributed by atoms with Crippen LogP contribution in [-0.4, -0.2) is 45.2 Å². The van der Waals surface area contributed by atoms with E-state index in [4.69, 9.17) is 0 Å². The van der Waals surface area contributed by atoms with Crippen LogP contribution in [-0.2, 0) is 6.54 Å². The number of anilines is 2. The second-order valence-electron chi connectivity index (χ2n) is 7.33. The van der Waals surface area contributed by atoms with Gasteiger partial charge in [-0.15, -0.1) is 35.3 Å². The van der Waals surface area contributed by atoms with Crippen molar-refractivity contribution in [3.63, 3.8) is 0 Å². The first kappa shape index (κ1) is 22.0. The van der Waals surface area contributed by atoms with Gasteiger partial charge in [0.2, 0.25) is 0 Å². The van der Waals surface area contributed by atoms with Crippen LogP contribution in [0.3, 0.4) is 0 Å². The first-order valence-electron chi connectivity index (χ1n) is 10.1. The van der Waals surface area contributed by atoms with Gasteiger partial charge in [0.25, 0.3) is 0 Å². The molecule has 7 heteroatoms. The van der Waals surface area contributed by atoms with Crippen LogP contribution in [0.2, 0.25) is 0 Å². The number of piperidine rings is 1. The van der Waals surface area contributed by atoms with E-state index in [1.54, 1.807) is 0 Å². The second-order valence-corrected chi connectivity index (χ2v) is 8.26. The maximum atomic E-state index is 4.43. The maximum Gasteiger partial charge on any atom is 0.191 e. The fourth-order valence-electron chi connectivity index (χ4n) is 3.82. The highest BCUT2D eigenvalue weighted by Gasteiger charge is 2.20. The predicted molar refractivity (Wildman–Crippen MR) is 136 cm³/mol. The molecule has 1 saturated heterocycles. The lowest BCUT2D eigenvalue weighted by Gasteiger charge is -2.33. The predicted octanol–water partition coefficient (Wildman–Crippen LogP) is 4.08. The molecule has 1 aromatic heterocycles. The van der Waals surface area contributed by atoms with Crippen LogP contribution in [0.1, 0.15) is 18.4 Å². The Labute approximate surface area is 194 Å². The van der Waals surface area contributed by atoms with Gasteiger partial charge in [0.1, 0.15) is 0 Å². The monoisotopic (exact) mass is 523 g/mol. The third kappa shape index (κ3) is 5.88. The zero-order valence-corrected chi connectivity index (χ0v) is 20.0. The second kappa shape index (κ2) is 10.9. The largest absolute Gasteiger partial charge is 0.364 e. The molecule has 0 radical (unpaired) electrons. The van der Waals surface area contributed by atoms with Gasteiger partial charge in [-0.05, 0) is 48.1 Å². The van der Waals surface area contributed by atoms with Gasteiger partial charge in [0.05, 0.1) is 5.00 Å². The van der Waals surface area contributed by atoms with Crippen molar-refractivity contribution in [1.82, 2.24) is 10.6 Å². The normalized spacial score (nSPS) is 17.3. The molecule has 0 spiro atoms. The fraction of sp³-hybridized carbons (Fsp3) is 0.409. The molecule has 0 aliphatic carbocycles. The molecular weight excluding hydrogens is 493 g/mol. The number of benzene rings is 1. The summed E-state index contributed by atoms with van der Waals surface area (Å²) in [5, 5.41) is 10.6. The summed E-state index contributed by atoms with van der Waals surface area (Å²) in [6, 6.07) is 13.6. The van der Waals surface area contributed by atoms with Gasteiger partial charge in [-0.3, -0.25) is 4.99 Å². The van der Waals surface area contributed by atoms with E-state index < -0.39 is 0 Å². The molecule has 1 aromatic carbocycles. The number of rotatable bonds is 5. The third-order valence-corrected chi connectivity index (χ3v) is 6.36. The summed E-state index contributed by atoms with van der Waals surface area (Å²) in [4.78, 5) is 9.29. The Morgan fingerprint density at radius 2 is 1.90 bits per heavy atom. The van der Waals surface area contributed by atoms with E-state index in [2.05, 4.69) is 79.4 Å². The number of aliphatic imine (C=N–C) groups is 1. The van der Waals surface area contributed by atoms with Crippen molar-refractivity contribution >= 4 is 52.0 Å². The van der Waals surface area contributed by atoms with Crippen LogP contribution in [0.25, 0.3) is 0 Å². The summed E-state index contributed by atoms with van der Waals surface area (Å²) >= 11 is 1.83. The van der Waals surface area contributed by atoms with Crippen molar-refractivity contribution < 1.29 is 0 Å². The van der Waals surface area contributed by atoms with Crippen molar-refractivity contribution in [2.45, 2.75) is 25.4 Å². The lowest BCUT2D eigenvalue weighted by Crippen LogP contribution is -2.48. The molecule has 5 nitrogen and oxygen atoms in total. The number of hydrogen-bond acceptors (Lipinski definition) is 4. The highest BCUT2D eigenvalue weighted by molar-refractivity contribution is 14.0. The number of guanidine groups is 1. The molecule has 156 valence electrons. The van der Waals surface area contributed by atoms with Gasteiger partial charge >= 0.3 is 0 Å². The standard InChI is InChI=1S/C22H29N5S.HI/c1-23-22(25-19-9-13-27(14-10-19)21-8-5-15-28-21)24-17-18-6-4-7-20(16-18)26-11-2-3-12-26;/h2-8,15-16,19H,9-14,17H2,1H3,(H2,23,24,25);1H.